The van der Waals surface area contributed by atoms with Crippen LogP contribution in [0.4, 0.5) is 0 Å². The first-order valence-electron chi connectivity index (χ1n) is 3.68. The molecule has 0 aromatic heterocycles. The number of hydrogen-bond donors (Lipinski definition) is 1. The van der Waals surface area contributed by atoms with E-state index in [1.807, 2.05) is 21.0 Å². The molecule has 0 bridgehead atoms. The monoisotopic (exact) mass is 198 g/mol. The smallest absolute Gasteiger partial charge is 0.306 e. The van der Waals surface area contributed by atoms with Crippen LogP contribution in [-0.2, 0) is 13.6 Å². The fraction of sp³-hybridized carbons (Fsp3) is 1.00. The van der Waals surface area contributed by atoms with Crippen LogP contribution in [0.2, 0.25) is 0 Å². The van der Waals surface area contributed by atoms with Gasteiger partial charge in [-0.15, -0.1) is 0 Å². The summed E-state index contributed by atoms with van der Waals surface area (Å²) in [6.07, 6.45) is 0. The van der Waals surface area contributed by atoms with Crippen molar-refractivity contribution in [1.29, 1.82) is 0 Å². The molecule has 5 nitrogen and oxygen atoms in total. The van der Waals surface area contributed by atoms with Crippen LogP contribution in [0.25, 0.3) is 0 Å². The molecule has 0 fully saturated rings. The Morgan fingerprint density at radius 3 is 2.33 bits per heavy atom. The standard InChI is InChI=1S/C6H16NO4P/c1-5-7(2,3)6-11-12(8,9)10-4/h5-6H2,1-4H3/p+1. The van der Waals surface area contributed by atoms with E-state index in [1.165, 1.54) is 0 Å². The van der Waals surface area contributed by atoms with Gasteiger partial charge in [0.2, 0.25) is 0 Å². The molecule has 0 spiro atoms. The van der Waals surface area contributed by atoms with Crippen molar-refractivity contribution in [2.75, 3.05) is 34.5 Å². The van der Waals surface area contributed by atoms with E-state index in [0.717, 1.165) is 13.7 Å². The molecule has 0 heterocycles. The molecule has 74 valence electrons. The average molecular weight is 198 g/mol. The Balaban J connectivity index is 3.91. The molecule has 0 aliphatic carbocycles. The van der Waals surface area contributed by atoms with Crippen LogP contribution in [-0.4, -0.2) is 43.9 Å². The highest BCUT2D eigenvalue weighted by molar-refractivity contribution is 7.47. The van der Waals surface area contributed by atoms with E-state index in [2.05, 4.69) is 4.52 Å². The summed E-state index contributed by atoms with van der Waals surface area (Å²) >= 11 is 0. The number of rotatable bonds is 5. The number of hydrogen-bond acceptors (Lipinski definition) is 3. The first-order valence-corrected chi connectivity index (χ1v) is 5.17. The fourth-order valence-electron chi connectivity index (χ4n) is 0.373. The van der Waals surface area contributed by atoms with Gasteiger partial charge in [0.15, 0.2) is 6.73 Å². The fourth-order valence-corrected chi connectivity index (χ4v) is 0.937. The van der Waals surface area contributed by atoms with Crippen LogP contribution in [0.1, 0.15) is 6.92 Å². The van der Waals surface area contributed by atoms with Crippen LogP contribution in [0.5, 0.6) is 0 Å². The Kier molecular flexibility index (Phi) is 4.37. The summed E-state index contributed by atoms with van der Waals surface area (Å²) in [4.78, 5) is 8.88. The maximum absolute atomic E-state index is 10.8. The maximum Gasteiger partial charge on any atom is 0.476 e. The maximum atomic E-state index is 10.8. The highest BCUT2D eigenvalue weighted by Crippen LogP contribution is 2.42. The van der Waals surface area contributed by atoms with Crippen molar-refractivity contribution >= 4 is 7.82 Å². The summed E-state index contributed by atoms with van der Waals surface area (Å²) in [6.45, 7) is 2.96. The lowest BCUT2D eigenvalue weighted by atomic mass is 10.6. The van der Waals surface area contributed by atoms with E-state index in [9.17, 15) is 4.57 Å². The molecule has 12 heavy (non-hydrogen) atoms. The predicted octanol–water partition coefficient (Wildman–Crippen LogP) is 0.804. The van der Waals surface area contributed by atoms with Crippen molar-refractivity contribution in [1.82, 2.24) is 0 Å². The Hall–Kier alpha value is 0.0700. The van der Waals surface area contributed by atoms with Crippen molar-refractivity contribution < 1.29 is 23.0 Å². The summed E-state index contributed by atoms with van der Waals surface area (Å²) in [5, 5.41) is 0. The molecule has 0 radical (unpaired) electrons. The van der Waals surface area contributed by atoms with Gasteiger partial charge in [0.1, 0.15) is 0 Å². The second-order valence-corrected chi connectivity index (χ2v) is 4.72. The Morgan fingerprint density at radius 1 is 1.50 bits per heavy atom. The zero-order valence-corrected chi connectivity index (χ0v) is 8.88. The molecule has 0 rings (SSSR count). The van der Waals surface area contributed by atoms with E-state index < -0.39 is 7.82 Å². The van der Waals surface area contributed by atoms with Crippen molar-refractivity contribution in [3.05, 3.63) is 0 Å². The molecule has 0 aliphatic rings. The normalized spacial score (nSPS) is 17.4. The van der Waals surface area contributed by atoms with Gasteiger partial charge in [-0.25, -0.2) is 9.09 Å². The van der Waals surface area contributed by atoms with Crippen molar-refractivity contribution in [3.63, 3.8) is 0 Å². The largest absolute Gasteiger partial charge is 0.476 e. The zero-order chi connectivity index (χ0) is 9.83. The van der Waals surface area contributed by atoms with Gasteiger partial charge in [0.05, 0.1) is 20.6 Å². The Bertz CT molecular complexity index is 182. The predicted molar refractivity (Wildman–Crippen MR) is 45.4 cm³/mol. The van der Waals surface area contributed by atoms with Gasteiger partial charge in [0, 0.05) is 7.11 Å². The molecule has 0 amide bonds. The van der Waals surface area contributed by atoms with Crippen LogP contribution in [0, 0.1) is 0 Å². The van der Waals surface area contributed by atoms with Crippen molar-refractivity contribution in [2.45, 2.75) is 6.92 Å². The lowest BCUT2D eigenvalue weighted by Gasteiger charge is -2.27. The second kappa shape index (κ2) is 4.35. The van der Waals surface area contributed by atoms with Gasteiger partial charge >= 0.3 is 7.82 Å². The lowest BCUT2D eigenvalue weighted by molar-refractivity contribution is -0.904. The Morgan fingerprint density at radius 2 is 2.00 bits per heavy atom. The van der Waals surface area contributed by atoms with Crippen LogP contribution >= 0.6 is 7.82 Å². The zero-order valence-electron chi connectivity index (χ0n) is 7.98. The first kappa shape index (κ1) is 12.1. The molecular formula is C6H17NO4P+. The lowest BCUT2D eigenvalue weighted by Crippen LogP contribution is -2.40. The number of nitrogens with zero attached hydrogens (tertiary/aromatic N) is 1. The van der Waals surface area contributed by atoms with Gasteiger partial charge in [0.25, 0.3) is 0 Å². The van der Waals surface area contributed by atoms with Crippen molar-refractivity contribution in [2.24, 2.45) is 0 Å². The van der Waals surface area contributed by atoms with Gasteiger partial charge < -0.3 is 9.38 Å². The summed E-state index contributed by atoms with van der Waals surface area (Å²) in [6, 6.07) is 0. The molecule has 0 aromatic carbocycles. The molecule has 1 unspecified atom stereocenters. The van der Waals surface area contributed by atoms with Gasteiger partial charge in [-0.05, 0) is 6.92 Å². The quantitative estimate of drug-likeness (QED) is 0.403. The summed E-state index contributed by atoms with van der Waals surface area (Å²) in [5.74, 6) is 0. The second-order valence-electron chi connectivity index (χ2n) is 3.16. The third-order valence-corrected chi connectivity index (χ3v) is 2.56. The van der Waals surface area contributed by atoms with E-state index in [0.29, 0.717) is 4.48 Å². The molecule has 0 saturated heterocycles. The number of phosphoric acid groups is 1. The number of quaternary nitrogens is 1. The third-order valence-electron chi connectivity index (χ3n) is 1.66. The van der Waals surface area contributed by atoms with E-state index in [1.54, 1.807) is 0 Å². The average Bonchev–Trinajstić information content (AvgIpc) is 2.02. The van der Waals surface area contributed by atoms with E-state index in [-0.39, 0.29) is 6.73 Å². The van der Waals surface area contributed by atoms with E-state index in [4.69, 9.17) is 9.42 Å². The minimum atomic E-state index is -3.80. The topological polar surface area (TPSA) is 55.8 Å². The highest BCUT2D eigenvalue weighted by atomic mass is 31.2. The number of phosphoric ester groups is 1. The first-order chi connectivity index (χ1) is 5.33. The third kappa shape index (κ3) is 4.85. The Labute approximate surface area is 73.1 Å². The van der Waals surface area contributed by atoms with E-state index >= 15 is 0 Å². The molecular weight excluding hydrogens is 181 g/mol. The van der Waals surface area contributed by atoms with Gasteiger partial charge in [-0.1, -0.05) is 0 Å². The van der Waals surface area contributed by atoms with Gasteiger partial charge in [-0.3, -0.25) is 4.52 Å². The molecule has 0 aliphatic heterocycles. The minimum Gasteiger partial charge on any atom is -0.306 e. The highest BCUT2D eigenvalue weighted by Gasteiger charge is 2.23. The van der Waals surface area contributed by atoms with Gasteiger partial charge in [-0.2, -0.15) is 0 Å². The van der Waals surface area contributed by atoms with Crippen LogP contribution in [0.15, 0.2) is 0 Å². The SMILES string of the molecule is CC[N+](C)(C)COP(=O)(O)OC. The summed E-state index contributed by atoms with van der Waals surface area (Å²) in [7, 11) is 1.14. The molecule has 1 atom stereocenters. The summed E-state index contributed by atoms with van der Waals surface area (Å²) in [5.41, 5.74) is 0. The molecule has 6 heteroatoms. The molecule has 0 aromatic rings. The van der Waals surface area contributed by atoms with Crippen molar-refractivity contribution in [3.8, 4) is 0 Å². The molecule has 0 saturated carbocycles. The van der Waals surface area contributed by atoms with Crippen LogP contribution < -0.4 is 0 Å². The van der Waals surface area contributed by atoms with Crippen LogP contribution in [0.3, 0.4) is 0 Å². The molecule has 1 N–H and O–H groups in total. The minimum absolute atomic E-state index is 0.165. The summed E-state index contributed by atoms with van der Waals surface area (Å²) < 4.78 is 20.3.